The Morgan fingerprint density at radius 2 is 1.38 bits per heavy atom. The summed E-state index contributed by atoms with van der Waals surface area (Å²) >= 11 is 0. The molecule has 1 fully saturated rings. The lowest BCUT2D eigenvalue weighted by atomic mass is 10.0. The number of hydrogen-bond donors (Lipinski definition) is 1. The zero-order valence-corrected chi connectivity index (χ0v) is 19.7. The first-order valence-electron chi connectivity index (χ1n) is 12.1. The molecule has 0 radical (unpaired) electrons. The molecule has 4 rings (SSSR count). The van der Waals surface area contributed by atoms with Crippen LogP contribution in [0, 0.1) is 0 Å². The average Bonchev–Trinajstić information content (AvgIpc) is 2.88. The Morgan fingerprint density at radius 3 is 2.09 bits per heavy atom. The van der Waals surface area contributed by atoms with Crippen LogP contribution < -0.4 is 4.74 Å². The zero-order chi connectivity index (χ0) is 23.6. The van der Waals surface area contributed by atoms with Crippen molar-refractivity contribution in [1.82, 2.24) is 9.80 Å². The van der Waals surface area contributed by atoms with Gasteiger partial charge in [0, 0.05) is 45.7 Å². The summed E-state index contributed by atoms with van der Waals surface area (Å²) in [6.07, 6.45) is 0.528. The third-order valence-electron chi connectivity index (χ3n) is 6.29. The van der Waals surface area contributed by atoms with Gasteiger partial charge in [-0.15, -0.1) is 0 Å². The van der Waals surface area contributed by atoms with E-state index in [0.29, 0.717) is 30.7 Å². The van der Waals surface area contributed by atoms with E-state index in [1.54, 1.807) is 6.07 Å². The van der Waals surface area contributed by atoms with Gasteiger partial charge in [0.1, 0.15) is 18.5 Å². The minimum atomic E-state index is -0.604. The number of nitrogens with zero attached hydrogens (tertiary/aromatic N) is 2. The van der Waals surface area contributed by atoms with Gasteiger partial charge in [-0.2, -0.15) is 0 Å². The number of rotatable bonds is 11. The molecule has 0 bridgehead atoms. The van der Waals surface area contributed by atoms with E-state index in [2.05, 4.69) is 34.1 Å². The molecule has 1 unspecified atom stereocenters. The van der Waals surface area contributed by atoms with Crippen molar-refractivity contribution in [2.75, 3.05) is 39.3 Å². The number of aliphatic hydroxyl groups is 1. The number of β-amino-alcohol motifs (C(OH)–C–C–N with tert-alkyl or cyclic N) is 1. The zero-order valence-electron chi connectivity index (χ0n) is 19.7. The van der Waals surface area contributed by atoms with Crippen molar-refractivity contribution in [2.45, 2.75) is 25.5 Å². The third-order valence-corrected chi connectivity index (χ3v) is 6.29. The molecule has 1 N–H and O–H groups in total. The molecule has 178 valence electrons. The first kappa shape index (κ1) is 24.1. The van der Waals surface area contributed by atoms with E-state index in [-0.39, 0.29) is 12.4 Å². The minimum Gasteiger partial charge on any atom is -0.490 e. The Hall–Kier alpha value is -2.99. The molecule has 1 aliphatic rings. The molecule has 1 saturated heterocycles. The second-order valence-electron chi connectivity index (χ2n) is 8.93. The average molecular weight is 459 g/mol. The number of hydrogen-bond acceptors (Lipinski definition) is 5. The van der Waals surface area contributed by atoms with Gasteiger partial charge in [-0.25, -0.2) is 0 Å². The summed E-state index contributed by atoms with van der Waals surface area (Å²) < 4.78 is 5.91. The number of ketones is 1. The molecular weight excluding hydrogens is 424 g/mol. The summed E-state index contributed by atoms with van der Waals surface area (Å²) in [5.41, 5.74) is 3.06. The lowest BCUT2D eigenvalue weighted by Gasteiger charge is -2.35. The molecule has 1 heterocycles. The van der Waals surface area contributed by atoms with E-state index in [1.807, 2.05) is 54.6 Å². The van der Waals surface area contributed by atoms with Crippen molar-refractivity contribution >= 4 is 5.78 Å². The number of carbonyl (C=O) groups is 1. The highest BCUT2D eigenvalue weighted by atomic mass is 16.5. The van der Waals surface area contributed by atoms with Gasteiger partial charge in [-0.3, -0.25) is 14.6 Å². The number of para-hydroxylation sites is 1. The fraction of sp³-hybridized carbons (Fsp3) is 0.345. The number of piperazine rings is 1. The number of ether oxygens (including phenoxy) is 1. The molecular formula is C29H34N2O3. The molecule has 34 heavy (non-hydrogen) atoms. The van der Waals surface area contributed by atoms with Crippen LogP contribution in [0.3, 0.4) is 0 Å². The van der Waals surface area contributed by atoms with Gasteiger partial charge in [0.15, 0.2) is 5.78 Å². The first-order valence-corrected chi connectivity index (χ1v) is 12.1. The van der Waals surface area contributed by atoms with Crippen LogP contribution in [0.25, 0.3) is 0 Å². The number of carbonyl (C=O) groups excluding carboxylic acids is 1. The van der Waals surface area contributed by atoms with Crippen LogP contribution in [-0.2, 0) is 13.0 Å². The van der Waals surface area contributed by atoms with E-state index in [9.17, 15) is 9.90 Å². The van der Waals surface area contributed by atoms with Crippen LogP contribution in [0.4, 0.5) is 0 Å². The van der Waals surface area contributed by atoms with Crippen LogP contribution in [0.15, 0.2) is 84.9 Å². The highest BCUT2D eigenvalue weighted by molar-refractivity contribution is 5.98. The predicted octanol–water partition coefficient (Wildman–Crippen LogP) is 4.06. The fourth-order valence-corrected chi connectivity index (χ4v) is 4.37. The maximum atomic E-state index is 12.8. The van der Waals surface area contributed by atoms with E-state index in [1.165, 1.54) is 5.56 Å². The van der Waals surface area contributed by atoms with E-state index >= 15 is 0 Å². The number of aryl methyl sites for hydroxylation is 1. The third kappa shape index (κ3) is 7.26. The van der Waals surface area contributed by atoms with Crippen LogP contribution in [0.2, 0.25) is 0 Å². The SMILES string of the molecule is O=C(CCc1ccccc1)c1ccccc1OCC(O)CN1CCN(Cc2ccccc2)CC1. The lowest BCUT2D eigenvalue weighted by Crippen LogP contribution is -2.48. The van der Waals surface area contributed by atoms with Gasteiger partial charge in [0.25, 0.3) is 0 Å². The normalized spacial score (nSPS) is 15.7. The second kappa shape index (κ2) is 12.5. The van der Waals surface area contributed by atoms with Gasteiger partial charge >= 0.3 is 0 Å². The molecule has 5 heteroatoms. The van der Waals surface area contributed by atoms with Crippen LogP contribution >= 0.6 is 0 Å². The molecule has 0 aromatic heterocycles. The van der Waals surface area contributed by atoms with Crippen molar-refractivity contribution in [2.24, 2.45) is 0 Å². The van der Waals surface area contributed by atoms with E-state index < -0.39 is 6.10 Å². The van der Waals surface area contributed by atoms with Crippen LogP contribution in [0.1, 0.15) is 27.9 Å². The molecule has 0 spiro atoms. The Bertz CT molecular complexity index is 1020. The standard InChI is InChI=1S/C29H34N2O3/c32-26(22-31-19-17-30(18-20-31)21-25-11-5-2-6-12-25)23-34-29-14-8-7-13-27(29)28(33)16-15-24-9-3-1-4-10-24/h1-14,26,32H,15-23H2. The quantitative estimate of drug-likeness (QED) is 0.439. The second-order valence-corrected chi connectivity index (χ2v) is 8.93. The van der Waals surface area contributed by atoms with Crippen molar-refractivity contribution < 1.29 is 14.6 Å². The van der Waals surface area contributed by atoms with Gasteiger partial charge in [0.05, 0.1) is 5.56 Å². The molecule has 0 aliphatic carbocycles. The molecule has 1 atom stereocenters. The van der Waals surface area contributed by atoms with Gasteiger partial charge < -0.3 is 9.84 Å². The van der Waals surface area contributed by atoms with E-state index in [0.717, 1.165) is 38.3 Å². The van der Waals surface area contributed by atoms with Crippen molar-refractivity contribution in [3.05, 3.63) is 102 Å². The van der Waals surface area contributed by atoms with Crippen LogP contribution in [-0.4, -0.2) is 66.1 Å². The predicted molar refractivity (Wildman–Crippen MR) is 135 cm³/mol. The summed E-state index contributed by atoms with van der Waals surface area (Å²) in [6, 6.07) is 27.9. The summed E-state index contributed by atoms with van der Waals surface area (Å²) in [6.45, 7) is 5.55. The lowest BCUT2D eigenvalue weighted by molar-refractivity contribution is 0.0443. The highest BCUT2D eigenvalue weighted by Crippen LogP contribution is 2.21. The first-order chi connectivity index (χ1) is 16.7. The Labute approximate surface area is 202 Å². The molecule has 3 aromatic carbocycles. The molecule has 3 aromatic rings. The summed E-state index contributed by atoms with van der Waals surface area (Å²) in [7, 11) is 0. The number of aliphatic hydroxyl groups excluding tert-OH is 1. The summed E-state index contributed by atoms with van der Waals surface area (Å²) in [5.74, 6) is 0.607. The monoisotopic (exact) mass is 458 g/mol. The van der Waals surface area contributed by atoms with Gasteiger partial charge in [-0.1, -0.05) is 72.8 Å². The molecule has 1 aliphatic heterocycles. The van der Waals surface area contributed by atoms with Crippen molar-refractivity contribution in [3.8, 4) is 5.75 Å². The van der Waals surface area contributed by atoms with Gasteiger partial charge in [0.2, 0.25) is 0 Å². The molecule has 0 amide bonds. The van der Waals surface area contributed by atoms with Crippen molar-refractivity contribution in [3.63, 3.8) is 0 Å². The Morgan fingerprint density at radius 1 is 0.794 bits per heavy atom. The molecule has 5 nitrogen and oxygen atoms in total. The Kier molecular flexibility index (Phi) is 8.85. The largest absolute Gasteiger partial charge is 0.490 e. The summed E-state index contributed by atoms with van der Waals surface area (Å²) in [4.78, 5) is 17.5. The van der Waals surface area contributed by atoms with Crippen molar-refractivity contribution in [1.29, 1.82) is 0 Å². The maximum absolute atomic E-state index is 12.8. The van der Waals surface area contributed by atoms with Gasteiger partial charge in [-0.05, 0) is 29.7 Å². The van der Waals surface area contributed by atoms with E-state index in [4.69, 9.17) is 4.74 Å². The summed E-state index contributed by atoms with van der Waals surface area (Å²) in [5, 5.41) is 10.6. The number of benzene rings is 3. The topological polar surface area (TPSA) is 53.0 Å². The fourth-order valence-electron chi connectivity index (χ4n) is 4.37. The molecule has 0 saturated carbocycles. The van der Waals surface area contributed by atoms with Crippen LogP contribution in [0.5, 0.6) is 5.75 Å². The minimum absolute atomic E-state index is 0.0588. The maximum Gasteiger partial charge on any atom is 0.166 e. The highest BCUT2D eigenvalue weighted by Gasteiger charge is 2.20. The number of Topliss-reactive ketones (excluding diaryl/α,β-unsaturated/α-hetero) is 1. The Balaban J connectivity index is 1.21. The smallest absolute Gasteiger partial charge is 0.166 e.